The molecule has 1 amide bonds. The molecular formula is C13H18N2O2. The number of fused-ring (bicyclic) bond motifs is 1. The number of amides is 1. The third-order valence-electron chi connectivity index (χ3n) is 2.88. The Morgan fingerprint density at radius 1 is 1.41 bits per heavy atom. The Kier molecular flexibility index (Phi) is 3.07. The van der Waals surface area contributed by atoms with Crippen LogP contribution < -0.4 is 15.8 Å². The molecule has 0 saturated carbocycles. The molecule has 3 N–H and O–H groups in total. The molecule has 4 nitrogen and oxygen atoms in total. The van der Waals surface area contributed by atoms with Crippen LogP contribution in [0.2, 0.25) is 0 Å². The summed E-state index contributed by atoms with van der Waals surface area (Å²) < 4.78 is 5.71. The van der Waals surface area contributed by atoms with Crippen LogP contribution in [0.15, 0.2) is 18.2 Å². The Labute approximate surface area is 101 Å². The largest absolute Gasteiger partial charge is 0.476 e. The van der Waals surface area contributed by atoms with Gasteiger partial charge in [-0.05, 0) is 50.9 Å². The van der Waals surface area contributed by atoms with Gasteiger partial charge in [0.15, 0.2) is 5.60 Å². The summed E-state index contributed by atoms with van der Waals surface area (Å²) in [5.74, 6) is 0.629. The fraction of sp³-hybridized carbons (Fsp3) is 0.462. The number of carbonyl (C=O) groups excluding carboxylic acids is 1. The first-order valence-electron chi connectivity index (χ1n) is 5.86. The summed E-state index contributed by atoms with van der Waals surface area (Å²) >= 11 is 0. The molecule has 92 valence electrons. The summed E-state index contributed by atoms with van der Waals surface area (Å²) in [7, 11) is 0. The van der Waals surface area contributed by atoms with Gasteiger partial charge in [-0.25, -0.2) is 0 Å². The van der Waals surface area contributed by atoms with E-state index in [0.717, 1.165) is 24.3 Å². The molecule has 0 unspecified atom stereocenters. The molecule has 0 bridgehead atoms. The van der Waals surface area contributed by atoms with Gasteiger partial charge in [0.25, 0.3) is 5.91 Å². The monoisotopic (exact) mass is 234 g/mol. The molecule has 0 aliphatic carbocycles. The molecule has 4 heteroatoms. The highest BCUT2D eigenvalue weighted by Crippen LogP contribution is 2.34. The van der Waals surface area contributed by atoms with Crippen molar-refractivity contribution in [3.63, 3.8) is 0 Å². The number of hydrogen-bond donors (Lipinski definition) is 2. The SMILES string of the molecule is CC1(C)Oc2cc(CCCN)ccc2NC1=O. The highest BCUT2D eigenvalue weighted by molar-refractivity contribution is 6.00. The van der Waals surface area contributed by atoms with E-state index in [4.69, 9.17) is 10.5 Å². The first kappa shape index (κ1) is 11.9. The zero-order valence-corrected chi connectivity index (χ0v) is 10.2. The zero-order valence-electron chi connectivity index (χ0n) is 10.2. The second-order valence-corrected chi connectivity index (χ2v) is 4.79. The summed E-state index contributed by atoms with van der Waals surface area (Å²) in [6, 6.07) is 5.86. The van der Waals surface area contributed by atoms with Crippen molar-refractivity contribution in [3.8, 4) is 5.75 Å². The molecule has 0 spiro atoms. The highest BCUT2D eigenvalue weighted by Gasteiger charge is 2.35. The van der Waals surface area contributed by atoms with Gasteiger partial charge in [0, 0.05) is 0 Å². The van der Waals surface area contributed by atoms with E-state index in [0.29, 0.717) is 6.54 Å². The number of nitrogens with two attached hydrogens (primary N) is 1. The van der Waals surface area contributed by atoms with Crippen LogP contribution in [0.4, 0.5) is 5.69 Å². The number of ether oxygens (including phenoxy) is 1. The van der Waals surface area contributed by atoms with Crippen LogP contribution in [-0.2, 0) is 11.2 Å². The molecule has 2 rings (SSSR count). The topological polar surface area (TPSA) is 64.3 Å². The van der Waals surface area contributed by atoms with E-state index >= 15 is 0 Å². The Hall–Kier alpha value is -1.55. The second-order valence-electron chi connectivity index (χ2n) is 4.79. The van der Waals surface area contributed by atoms with Crippen molar-refractivity contribution in [3.05, 3.63) is 23.8 Å². The molecule has 1 aromatic carbocycles. The maximum absolute atomic E-state index is 11.7. The zero-order chi connectivity index (χ0) is 12.5. The van der Waals surface area contributed by atoms with Crippen LogP contribution in [0.5, 0.6) is 5.75 Å². The number of rotatable bonds is 3. The minimum Gasteiger partial charge on any atom is -0.476 e. The second kappa shape index (κ2) is 4.37. The number of anilines is 1. The molecule has 1 aliphatic heterocycles. The molecular weight excluding hydrogens is 216 g/mol. The van der Waals surface area contributed by atoms with E-state index in [2.05, 4.69) is 5.32 Å². The molecule has 17 heavy (non-hydrogen) atoms. The Morgan fingerprint density at radius 3 is 2.88 bits per heavy atom. The number of aryl methyl sites for hydroxylation is 1. The Balaban J connectivity index is 2.24. The highest BCUT2D eigenvalue weighted by atomic mass is 16.5. The van der Waals surface area contributed by atoms with E-state index in [-0.39, 0.29) is 5.91 Å². The van der Waals surface area contributed by atoms with Crippen LogP contribution in [0.25, 0.3) is 0 Å². The smallest absolute Gasteiger partial charge is 0.268 e. The van der Waals surface area contributed by atoms with Crippen LogP contribution >= 0.6 is 0 Å². The Morgan fingerprint density at radius 2 is 2.18 bits per heavy atom. The maximum atomic E-state index is 11.7. The summed E-state index contributed by atoms with van der Waals surface area (Å²) in [5.41, 5.74) is 6.60. The van der Waals surface area contributed by atoms with Crippen LogP contribution in [0, 0.1) is 0 Å². The molecule has 0 radical (unpaired) electrons. The predicted octanol–water partition coefficient (Wildman–Crippen LogP) is 1.69. The molecule has 0 aromatic heterocycles. The van der Waals surface area contributed by atoms with E-state index in [1.807, 2.05) is 18.2 Å². The molecule has 1 heterocycles. The van der Waals surface area contributed by atoms with Crippen molar-refractivity contribution in [1.82, 2.24) is 0 Å². The van der Waals surface area contributed by atoms with Gasteiger partial charge in [-0.15, -0.1) is 0 Å². The molecule has 0 saturated heterocycles. The van der Waals surface area contributed by atoms with Crippen molar-refractivity contribution >= 4 is 11.6 Å². The van der Waals surface area contributed by atoms with Gasteiger partial charge in [-0.1, -0.05) is 6.07 Å². The summed E-state index contributed by atoms with van der Waals surface area (Å²) in [4.78, 5) is 11.7. The van der Waals surface area contributed by atoms with Gasteiger partial charge < -0.3 is 15.8 Å². The quantitative estimate of drug-likeness (QED) is 0.836. The minimum atomic E-state index is -0.806. The molecule has 1 aromatic rings. The average Bonchev–Trinajstić information content (AvgIpc) is 2.27. The first-order valence-corrected chi connectivity index (χ1v) is 5.86. The van der Waals surface area contributed by atoms with Gasteiger partial charge in [0.2, 0.25) is 0 Å². The normalized spacial score (nSPS) is 17.0. The Bertz CT molecular complexity index is 441. The predicted molar refractivity (Wildman–Crippen MR) is 67.2 cm³/mol. The number of benzene rings is 1. The van der Waals surface area contributed by atoms with Crippen molar-refractivity contribution in [1.29, 1.82) is 0 Å². The molecule has 1 aliphatic rings. The van der Waals surface area contributed by atoms with Gasteiger partial charge >= 0.3 is 0 Å². The number of nitrogens with one attached hydrogen (secondary N) is 1. The van der Waals surface area contributed by atoms with E-state index in [1.165, 1.54) is 5.56 Å². The van der Waals surface area contributed by atoms with Crippen molar-refractivity contribution < 1.29 is 9.53 Å². The van der Waals surface area contributed by atoms with Gasteiger partial charge in [0.05, 0.1) is 5.69 Å². The van der Waals surface area contributed by atoms with E-state index in [1.54, 1.807) is 13.8 Å². The lowest BCUT2D eigenvalue weighted by atomic mass is 10.0. The van der Waals surface area contributed by atoms with Crippen molar-refractivity contribution in [2.24, 2.45) is 5.73 Å². The number of hydrogen-bond acceptors (Lipinski definition) is 3. The summed E-state index contributed by atoms with van der Waals surface area (Å²) in [6.07, 6.45) is 1.88. The number of carbonyl (C=O) groups is 1. The fourth-order valence-electron chi connectivity index (χ4n) is 1.81. The van der Waals surface area contributed by atoms with Gasteiger partial charge in [-0.2, -0.15) is 0 Å². The lowest BCUT2D eigenvalue weighted by Gasteiger charge is -2.31. The molecule has 0 atom stereocenters. The average molecular weight is 234 g/mol. The van der Waals surface area contributed by atoms with Crippen molar-refractivity contribution in [2.75, 3.05) is 11.9 Å². The van der Waals surface area contributed by atoms with E-state index in [9.17, 15) is 4.79 Å². The minimum absolute atomic E-state index is 0.111. The first-order chi connectivity index (χ1) is 8.03. The third kappa shape index (κ3) is 2.42. The third-order valence-corrected chi connectivity index (χ3v) is 2.88. The summed E-state index contributed by atoms with van der Waals surface area (Å²) in [6.45, 7) is 4.20. The van der Waals surface area contributed by atoms with Gasteiger partial charge in [-0.3, -0.25) is 4.79 Å². The lowest BCUT2D eigenvalue weighted by molar-refractivity contribution is -0.129. The van der Waals surface area contributed by atoms with Crippen LogP contribution in [0.1, 0.15) is 25.8 Å². The fourth-order valence-corrected chi connectivity index (χ4v) is 1.81. The van der Waals surface area contributed by atoms with Crippen LogP contribution in [0.3, 0.4) is 0 Å². The lowest BCUT2D eigenvalue weighted by Crippen LogP contribution is -2.45. The van der Waals surface area contributed by atoms with E-state index < -0.39 is 5.60 Å². The van der Waals surface area contributed by atoms with Gasteiger partial charge in [0.1, 0.15) is 5.75 Å². The summed E-state index contributed by atoms with van der Waals surface area (Å²) in [5, 5.41) is 2.84. The van der Waals surface area contributed by atoms with Crippen molar-refractivity contribution in [2.45, 2.75) is 32.3 Å². The molecule has 0 fully saturated rings. The van der Waals surface area contributed by atoms with Crippen LogP contribution in [-0.4, -0.2) is 18.1 Å². The maximum Gasteiger partial charge on any atom is 0.268 e. The standard InChI is InChI=1S/C13H18N2O2/c1-13(2)12(16)15-10-6-5-9(4-3-7-14)8-11(10)17-13/h5-6,8H,3-4,7,14H2,1-2H3,(H,15,16).